The molecule has 0 aliphatic heterocycles. The zero-order chi connectivity index (χ0) is 33.8. The Kier molecular flexibility index (Phi) is 6.75. The van der Waals surface area contributed by atoms with Crippen molar-refractivity contribution in [1.82, 2.24) is 0 Å². The molecule has 0 spiro atoms. The first kappa shape index (κ1) is 29.3. The van der Waals surface area contributed by atoms with Crippen LogP contribution in [0.4, 0.5) is 17.1 Å². The highest BCUT2D eigenvalue weighted by molar-refractivity contribution is 6.12. The van der Waals surface area contributed by atoms with Crippen LogP contribution < -0.4 is 4.90 Å². The Balaban J connectivity index is 1.24. The van der Waals surface area contributed by atoms with E-state index < -0.39 is 5.41 Å². The summed E-state index contributed by atoms with van der Waals surface area (Å²) in [5.74, 6) is 0. The molecule has 9 aromatic rings. The quantitative estimate of drug-likeness (QED) is 0.178. The summed E-state index contributed by atoms with van der Waals surface area (Å²) < 4.78 is 7.28. The molecule has 0 amide bonds. The van der Waals surface area contributed by atoms with Crippen molar-refractivity contribution in [3.63, 3.8) is 0 Å². The van der Waals surface area contributed by atoms with Gasteiger partial charge in [0, 0.05) is 27.7 Å². The average molecular weight is 652 g/mol. The van der Waals surface area contributed by atoms with Gasteiger partial charge in [0.05, 0.1) is 11.1 Å². The number of rotatable bonds is 6. The fraction of sp³-hybridized carbons (Fsp3) is 0.0204. The van der Waals surface area contributed by atoms with E-state index in [1.807, 2.05) is 0 Å². The maximum absolute atomic E-state index is 7.28. The van der Waals surface area contributed by atoms with Crippen molar-refractivity contribution in [2.75, 3.05) is 4.90 Å². The molecule has 0 bridgehead atoms. The predicted octanol–water partition coefficient (Wildman–Crippen LogP) is 13.1. The van der Waals surface area contributed by atoms with E-state index >= 15 is 0 Å². The number of fused-ring (bicyclic) bond motifs is 6. The van der Waals surface area contributed by atoms with Crippen LogP contribution in [0.15, 0.2) is 205 Å². The van der Waals surface area contributed by atoms with Crippen LogP contribution in [0.2, 0.25) is 0 Å². The minimum atomic E-state index is -0.561. The molecule has 0 fully saturated rings. The standard InChI is InChI=1S/C49H33NO/c1-4-16-34(17-5-1)35-30-32-38(33-31-35)50(37-20-8-3-9-21-37)46-29-15-25-42-41-24-14-28-45(47(41)51-48(42)46)49(36-18-6-2-7-19-36)43-26-12-10-22-39(43)40-23-11-13-27-44(40)49/h1-33H. The lowest BCUT2D eigenvalue weighted by Gasteiger charge is -2.33. The molecule has 2 nitrogen and oxygen atoms in total. The summed E-state index contributed by atoms with van der Waals surface area (Å²) in [7, 11) is 0. The minimum Gasteiger partial charge on any atom is -0.453 e. The molecule has 1 aromatic heterocycles. The van der Waals surface area contributed by atoms with Crippen LogP contribution in [-0.2, 0) is 5.41 Å². The van der Waals surface area contributed by atoms with Gasteiger partial charge in [-0.05, 0) is 69.3 Å². The normalized spacial score (nSPS) is 12.9. The van der Waals surface area contributed by atoms with E-state index in [9.17, 15) is 0 Å². The van der Waals surface area contributed by atoms with Gasteiger partial charge >= 0.3 is 0 Å². The second-order valence-corrected chi connectivity index (χ2v) is 13.2. The molecular weight excluding hydrogens is 619 g/mol. The van der Waals surface area contributed by atoms with Gasteiger partial charge in [-0.2, -0.15) is 0 Å². The molecule has 0 N–H and O–H groups in total. The molecule has 240 valence electrons. The largest absolute Gasteiger partial charge is 0.453 e. The third-order valence-electron chi connectivity index (χ3n) is 10.6. The number of nitrogens with zero attached hydrogens (tertiary/aromatic N) is 1. The van der Waals surface area contributed by atoms with Crippen LogP contribution in [-0.4, -0.2) is 0 Å². The topological polar surface area (TPSA) is 16.4 Å². The van der Waals surface area contributed by atoms with Crippen LogP contribution in [0.5, 0.6) is 0 Å². The van der Waals surface area contributed by atoms with Crippen LogP contribution in [0.25, 0.3) is 44.2 Å². The number of anilines is 3. The second-order valence-electron chi connectivity index (χ2n) is 13.2. The smallest absolute Gasteiger partial charge is 0.159 e. The van der Waals surface area contributed by atoms with Crippen molar-refractivity contribution in [3.05, 3.63) is 222 Å². The van der Waals surface area contributed by atoms with Gasteiger partial charge in [0.2, 0.25) is 0 Å². The number of furan rings is 1. The molecular formula is C49H33NO. The number of para-hydroxylation sites is 3. The van der Waals surface area contributed by atoms with Crippen molar-refractivity contribution in [2.24, 2.45) is 0 Å². The zero-order valence-electron chi connectivity index (χ0n) is 27.9. The van der Waals surface area contributed by atoms with E-state index in [1.165, 1.54) is 38.9 Å². The molecule has 2 heteroatoms. The molecule has 1 aliphatic carbocycles. The van der Waals surface area contributed by atoms with Gasteiger partial charge in [-0.15, -0.1) is 0 Å². The number of hydrogen-bond acceptors (Lipinski definition) is 2. The third kappa shape index (κ3) is 4.43. The predicted molar refractivity (Wildman–Crippen MR) is 211 cm³/mol. The summed E-state index contributed by atoms with van der Waals surface area (Å²) in [4.78, 5) is 2.31. The van der Waals surface area contributed by atoms with Gasteiger partial charge in [-0.3, -0.25) is 0 Å². The highest BCUT2D eigenvalue weighted by Gasteiger charge is 2.47. The Labute approximate surface area is 297 Å². The molecule has 1 aliphatic rings. The van der Waals surface area contributed by atoms with Crippen molar-refractivity contribution in [2.45, 2.75) is 5.41 Å². The molecule has 0 unspecified atom stereocenters. The first-order valence-electron chi connectivity index (χ1n) is 17.5. The fourth-order valence-electron chi connectivity index (χ4n) is 8.39. The van der Waals surface area contributed by atoms with Gasteiger partial charge in [0.25, 0.3) is 0 Å². The maximum Gasteiger partial charge on any atom is 0.159 e. The number of benzene rings is 8. The van der Waals surface area contributed by atoms with E-state index in [1.54, 1.807) is 0 Å². The van der Waals surface area contributed by atoms with Crippen LogP contribution >= 0.6 is 0 Å². The van der Waals surface area contributed by atoms with E-state index in [-0.39, 0.29) is 0 Å². The highest BCUT2D eigenvalue weighted by Crippen LogP contribution is 2.58. The first-order valence-corrected chi connectivity index (χ1v) is 17.5. The van der Waals surface area contributed by atoms with Crippen LogP contribution in [0, 0.1) is 0 Å². The van der Waals surface area contributed by atoms with Gasteiger partial charge in [-0.1, -0.05) is 170 Å². The van der Waals surface area contributed by atoms with E-state index in [0.29, 0.717) is 0 Å². The van der Waals surface area contributed by atoms with Crippen LogP contribution in [0.3, 0.4) is 0 Å². The lowest BCUT2D eigenvalue weighted by molar-refractivity contribution is 0.648. The number of hydrogen-bond donors (Lipinski definition) is 0. The van der Waals surface area contributed by atoms with Crippen molar-refractivity contribution >= 4 is 39.0 Å². The van der Waals surface area contributed by atoms with Gasteiger partial charge in [-0.25, -0.2) is 0 Å². The zero-order valence-corrected chi connectivity index (χ0v) is 27.9. The van der Waals surface area contributed by atoms with Crippen molar-refractivity contribution in [3.8, 4) is 22.3 Å². The molecule has 0 saturated heterocycles. The molecule has 0 atom stereocenters. The molecule has 10 rings (SSSR count). The summed E-state index contributed by atoms with van der Waals surface area (Å²) >= 11 is 0. The Hall–Kier alpha value is -6.64. The lowest BCUT2D eigenvalue weighted by atomic mass is 9.67. The first-order chi connectivity index (χ1) is 25.3. The van der Waals surface area contributed by atoms with E-state index in [4.69, 9.17) is 4.42 Å². The van der Waals surface area contributed by atoms with Crippen molar-refractivity contribution in [1.29, 1.82) is 0 Å². The maximum atomic E-state index is 7.28. The van der Waals surface area contributed by atoms with Gasteiger partial charge in [0.1, 0.15) is 5.58 Å². The Morgan fingerprint density at radius 3 is 1.51 bits per heavy atom. The van der Waals surface area contributed by atoms with Gasteiger partial charge in [0.15, 0.2) is 5.58 Å². The van der Waals surface area contributed by atoms with E-state index in [0.717, 1.165) is 44.6 Å². The molecule has 8 aromatic carbocycles. The molecule has 51 heavy (non-hydrogen) atoms. The summed E-state index contributed by atoms with van der Waals surface area (Å²) in [5.41, 5.74) is 14.1. The summed E-state index contributed by atoms with van der Waals surface area (Å²) in [6, 6.07) is 71.8. The SMILES string of the molecule is c1ccc(-c2ccc(N(c3ccccc3)c3cccc4c3oc3c(C5(c6ccccc6)c6ccccc6-c6ccccc65)cccc34)cc2)cc1. The monoisotopic (exact) mass is 651 g/mol. The third-order valence-corrected chi connectivity index (χ3v) is 10.6. The van der Waals surface area contributed by atoms with Gasteiger partial charge < -0.3 is 9.32 Å². The minimum absolute atomic E-state index is 0.561. The Bertz CT molecular complexity index is 2630. The fourth-order valence-corrected chi connectivity index (χ4v) is 8.39. The summed E-state index contributed by atoms with van der Waals surface area (Å²) in [6.07, 6.45) is 0. The molecule has 0 radical (unpaired) electrons. The second kappa shape index (κ2) is 11.8. The van der Waals surface area contributed by atoms with Crippen molar-refractivity contribution < 1.29 is 4.42 Å². The Morgan fingerprint density at radius 2 is 0.843 bits per heavy atom. The summed E-state index contributed by atoms with van der Waals surface area (Å²) in [6.45, 7) is 0. The summed E-state index contributed by atoms with van der Waals surface area (Å²) in [5, 5.41) is 2.20. The lowest BCUT2D eigenvalue weighted by Crippen LogP contribution is -2.28. The average Bonchev–Trinajstić information content (AvgIpc) is 3.74. The molecule has 0 saturated carbocycles. The van der Waals surface area contributed by atoms with E-state index in [2.05, 4.69) is 205 Å². The molecule has 1 heterocycles. The highest BCUT2D eigenvalue weighted by atomic mass is 16.3. The Morgan fingerprint density at radius 1 is 0.353 bits per heavy atom. The van der Waals surface area contributed by atoms with Crippen LogP contribution in [0.1, 0.15) is 22.3 Å².